The summed E-state index contributed by atoms with van der Waals surface area (Å²) in [5.41, 5.74) is 1.21. The summed E-state index contributed by atoms with van der Waals surface area (Å²) < 4.78 is 5.64. The van der Waals surface area contributed by atoms with Gasteiger partial charge in [-0.25, -0.2) is 0 Å². The molecule has 0 aliphatic carbocycles. The molecule has 0 aliphatic heterocycles. The highest BCUT2D eigenvalue weighted by atomic mass is 32.1. The SMILES string of the molecule is CN(C)C(CNC(=O)COc1ccc2ccccc2c1)c1ccsc1. The van der Waals surface area contributed by atoms with Gasteiger partial charge in [-0.3, -0.25) is 4.79 Å². The van der Waals surface area contributed by atoms with Crippen LogP contribution in [0.4, 0.5) is 0 Å². The maximum absolute atomic E-state index is 12.1. The average Bonchev–Trinajstić information content (AvgIpc) is 3.14. The summed E-state index contributed by atoms with van der Waals surface area (Å²) in [6, 6.07) is 16.2. The number of hydrogen-bond acceptors (Lipinski definition) is 4. The van der Waals surface area contributed by atoms with Crippen molar-refractivity contribution in [2.75, 3.05) is 27.2 Å². The molecule has 0 saturated heterocycles. The molecular weight excluding hydrogens is 332 g/mol. The Balaban J connectivity index is 1.53. The highest BCUT2D eigenvalue weighted by Gasteiger charge is 2.15. The molecule has 25 heavy (non-hydrogen) atoms. The van der Waals surface area contributed by atoms with Crippen molar-refractivity contribution in [3.8, 4) is 5.75 Å². The summed E-state index contributed by atoms with van der Waals surface area (Å²) >= 11 is 1.66. The van der Waals surface area contributed by atoms with Crippen LogP contribution in [0.15, 0.2) is 59.3 Å². The van der Waals surface area contributed by atoms with Gasteiger partial charge in [0.2, 0.25) is 0 Å². The number of hydrogen-bond donors (Lipinski definition) is 1. The van der Waals surface area contributed by atoms with Crippen molar-refractivity contribution in [2.45, 2.75) is 6.04 Å². The van der Waals surface area contributed by atoms with Gasteiger partial charge in [-0.15, -0.1) is 0 Å². The Morgan fingerprint density at radius 2 is 1.96 bits per heavy atom. The lowest BCUT2D eigenvalue weighted by molar-refractivity contribution is -0.123. The van der Waals surface area contributed by atoms with Crippen molar-refractivity contribution in [1.29, 1.82) is 0 Å². The molecule has 5 heteroatoms. The Labute approximate surface area is 152 Å². The number of nitrogens with one attached hydrogen (secondary N) is 1. The van der Waals surface area contributed by atoms with Crippen LogP contribution in [0.5, 0.6) is 5.75 Å². The average molecular weight is 354 g/mol. The number of amides is 1. The van der Waals surface area contributed by atoms with Crippen LogP contribution in [0.25, 0.3) is 10.8 Å². The molecule has 3 rings (SSSR count). The molecule has 2 aromatic carbocycles. The molecule has 1 N–H and O–H groups in total. The normalized spacial score (nSPS) is 12.3. The van der Waals surface area contributed by atoms with E-state index in [1.807, 2.05) is 50.5 Å². The predicted molar refractivity (Wildman–Crippen MR) is 103 cm³/mol. The van der Waals surface area contributed by atoms with Gasteiger partial charge in [0.1, 0.15) is 5.75 Å². The maximum Gasteiger partial charge on any atom is 0.258 e. The van der Waals surface area contributed by atoms with E-state index in [2.05, 4.69) is 33.1 Å². The molecule has 1 aromatic heterocycles. The number of fused-ring (bicyclic) bond motifs is 1. The minimum absolute atomic E-state index is 0.0160. The van der Waals surface area contributed by atoms with Crippen LogP contribution >= 0.6 is 11.3 Å². The molecule has 4 nitrogen and oxygen atoms in total. The lowest BCUT2D eigenvalue weighted by Crippen LogP contribution is -2.36. The van der Waals surface area contributed by atoms with Gasteiger partial charge in [0.25, 0.3) is 5.91 Å². The third-order valence-corrected chi connectivity index (χ3v) is 4.84. The molecule has 0 aliphatic rings. The molecule has 0 bridgehead atoms. The zero-order valence-corrected chi connectivity index (χ0v) is 15.3. The lowest BCUT2D eigenvalue weighted by Gasteiger charge is -2.24. The molecule has 1 heterocycles. The summed E-state index contributed by atoms with van der Waals surface area (Å²) in [5.74, 6) is 0.589. The standard InChI is InChI=1S/C20H22N2O2S/c1-22(2)19(17-9-10-25-14-17)12-21-20(23)13-24-18-8-7-15-5-3-4-6-16(15)11-18/h3-11,14,19H,12-13H2,1-2H3,(H,21,23). The van der Waals surface area contributed by atoms with Gasteiger partial charge in [-0.05, 0) is 59.4 Å². The Morgan fingerprint density at radius 1 is 1.16 bits per heavy atom. The van der Waals surface area contributed by atoms with Gasteiger partial charge in [0.15, 0.2) is 6.61 Å². The molecule has 1 atom stereocenters. The topological polar surface area (TPSA) is 41.6 Å². The molecule has 1 unspecified atom stereocenters. The first kappa shape index (κ1) is 17.5. The van der Waals surface area contributed by atoms with Crippen LogP contribution in [-0.2, 0) is 4.79 Å². The van der Waals surface area contributed by atoms with E-state index in [-0.39, 0.29) is 18.6 Å². The molecule has 3 aromatic rings. The van der Waals surface area contributed by atoms with E-state index in [4.69, 9.17) is 4.74 Å². The third-order valence-electron chi connectivity index (χ3n) is 4.13. The van der Waals surface area contributed by atoms with Crippen molar-refractivity contribution in [1.82, 2.24) is 10.2 Å². The number of nitrogens with zero attached hydrogens (tertiary/aromatic N) is 1. The number of benzene rings is 2. The van der Waals surface area contributed by atoms with Crippen LogP contribution < -0.4 is 10.1 Å². The van der Waals surface area contributed by atoms with E-state index >= 15 is 0 Å². The van der Waals surface area contributed by atoms with Gasteiger partial charge in [0.05, 0.1) is 6.04 Å². The van der Waals surface area contributed by atoms with Gasteiger partial charge in [-0.1, -0.05) is 30.3 Å². The Morgan fingerprint density at radius 3 is 2.68 bits per heavy atom. The number of likely N-dealkylation sites (N-methyl/N-ethyl adjacent to an activating group) is 1. The number of carbonyl (C=O) groups excluding carboxylic acids is 1. The highest BCUT2D eigenvalue weighted by Crippen LogP contribution is 2.21. The maximum atomic E-state index is 12.1. The highest BCUT2D eigenvalue weighted by molar-refractivity contribution is 7.07. The first-order chi connectivity index (χ1) is 12.1. The monoisotopic (exact) mass is 354 g/mol. The fourth-order valence-corrected chi connectivity index (χ4v) is 3.44. The van der Waals surface area contributed by atoms with E-state index in [1.54, 1.807) is 11.3 Å². The van der Waals surface area contributed by atoms with E-state index in [0.29, 0.717) is 12.3 Å². The summed E-state index contributed by atoms with van der Waals surface area (Å²) in [6.07, 6.45) is 0. The second-order valence-electron chi connectivity index (χ2n) is 6.14. The zero-order valence-electron chi connectivity index (χ0n) is 14.4. The largest absolute Gasteiger partial charge is 0.484 e. The van der Waals surface area contributed by atoms with Crippen LogP contribution in [0.3, 0.4) is 0 Å². The number of thiophene rings is 1. The van der Waals surface area contributed by atoms with Crippen LogP contribution in [0.2, 0.25) is 0 Å². The minimum Gasteiger partial charge on any atom is -0.484 e. The summed E-state index contributed by atoms with van der Waals surface area (Å²) in [4.78, 5) is 14.2. The Hall–Kier alpha value is -2.37. The summed E-state index contributed by atoms with van der Waals surface area (Å²) in [5, 5.41) is 9.38. The molecule has 0 saturated carbocycles. The quantitative estimate of drug-likeness (QED) is 0.703. The first-order valence-corrected chi connectivity index (χ1v) is 9.14. The van der Waals surface area contributed by atoms with Crippen LogP contribution in [0.1, 0.15) is 11.6 Å². The van der Waals surface area contributed by atoms with Crippen molar-refractivity contribution in [3.05, 3.63) is 64.9 Å². The Bertz CT molecular complexity index is 831. The molecule has 0 radical (unpaired) electrons. The fraction of sp³-hybridized carbons (Fsp3) is 0.250. The van der Waals surface area contributed by atoms with Crippen LogP contribution in [-0.4, -0.2) is 38.1 Å². The van der Waals surface area contributed by atoms with Crippen molar-refractivity contribution < 1.29 is 9.53 Å². The van der Waals surface area contributed by atoms with Gasteiger partial charge in [-0.2, -0.15) is 11.3 Å². The predicted octanol–water partition coefficient (Wildman–Crippen LogP) is 3.70. The van der Waals surface area contributed by atoms with Crippen molar-refractivity contribution in [3.63, 3.8) is 0 Å². The number of ether oxygens (including phenoxy) is 1. The zero-order chi connectivity index (χ0) is 17.6. The van der Waals surface area contributed by atoms with Crippen molar-refractivity contribution >= 4 is 28.0 Å². The lowest BCUT2D eigenvalue weighted by atomic mass is 10.1. The number of carbonyl (C=O) groups is 1. The summed E-state index contributed by atoms with van der Waals surface area (Å²) in [6.45, 7) is 0.575. The smallest absolute Gasteiger partial charge is 0.258 e. The molecule has 130 valence electrons. The van der Waals surface area contributed by atoms with E-state index in [0.717, 1.165) is 10.8 Å². The third kappa shape index (κ3) is 4.59. The second kappa shape index (κ2) is 8.14. The molecule has 0 fully saturated rings. The first-order valence-electron chi connectivity index (χ1n) is 8.20. The number of rotatable bonds is 7. The molecule has 1 amide bonds. The van der Waals surface area contributed by atoms with E-state index in [9.17, 15) is 4.79 Å². The van der Waals surface area contributed by atoms with Gasteiger partial charge in [0, 0.05) is 6.54 Å². The van der Waals surface area contributed by atoms with Gasteiger partial charge >= 0.3 is 0 Å². The molecular formula is C20H22N2O2S. The summed E-state index contributed by atoms with van der Waals surface area (Å²) in [7, 11) is 4.03. The second-order valence-corrected chi connectivity index (χ2v) is 6.92. The van der Waals surface area contributed by atoms with Crippen LogP contribution in [0, 0.1) is 0 Å². The van der Waals surface area contributed by atoms with Crippen molar-refractivity contribution in [2.24, 2.45) is 0 Å². The van der Waals surface area contributed by atoms with Gasteiger partial charge < -0.3 is 15.0 Å². The van der Waals surface area contributed by atoms with E-state index < -0.39 is 0 Å². The molecule has 0 spiro atoms. The fourth-order valence-electron chi connectivity index (χ4n) is 2.73. The van der Waals surface area contributed by atoms with E-state index in [1.165, 1.54) is 5.56 Å². The Kier molecular flexibility index (Phi) is 5.68. The minimum atomic E-state index is -0.116.